The van der Waals surface area contributed by atoms with E-state index in [1.807, 2.05) is 60.7 Å². The molecule has 0 unspecified atom stereocenters. The summed E-state index contributed by atoms with van der Waals surface area (Å²) < 4.78 is 50.7. The Balaban J connectivity index is 0.000000587. The van der Waals surface area contributed by atoms with Crippen molar-refractivity contribution in [2.75, 3.05) is 55.2 Å². The van der Waals surface area contributed by atoms with Crippen molar-refractivity contribution in [1.82, 2.24) is 0 Å². The van der Waals surface area contributed by atoms with Crippen LogP contribution in [0.1, 0.15) is 84.3 Å². The van der Waals surface area contributed by atoms with Gasteiger partial charge in [-0.25, -0.2) is 0 Å². The third kappa shape index (κ3) is 22.4. The van der Waals surface area contributed by atoms with E-state index in [1.165, 1.54) is 0 Å². The molecular weight excluding hydrogens is 741 g/mol. The number of hydrogen-bond donors (Lipinski definition) is 1. The van der Waals surface area contributed by atoms with Crippen LogP contribution in [0.15, 0.2) is 73.8 Å². The average Bonchev–Trinajstić information content (AvgIpc) is 3.18. The average molecular weight is 819 g/mol. The normalized spacial score (nSPS) is 15.0. The Labute approximate surface area is 347 Å². The lowest BCUT2D eigenvalue weighted by molar-refractivity contribution is -0.103. The van der Waals surface area contributed by atoms with Crippen LogP contribution in [0.3, 0.4) is 0 Å². The zero-order valence-electron chi connectivity index (χ0n) is 37.3. The maximum atomic E-state index is 10.3. The zero-order chi connectivity index (χ0) is 42.7. The molecule has 6 atom stereocenters. The molecule has 0 radical (unpaired) electrons. The van der Waals surface area contributed by atoms with Crippen molar-refractivity contribution in [3.63, 3.8) is 0 Å². The molecule has 2 rings (SSSR count). The summed E-state index contributed by atoms with van der Waals surface area (Å²) >= 11 is 0. The summed E-state index contributed by atoms with van der Waals surface area (Å²) in [5.74, 6) is 2.30. The summed E-state index contributed by atoms with van der Waals surface area (Å²) in [6.45, 7) is 26.1. The highest BCUT2D eigenvalue weighted by Gasteiger charge is 2.40. The molecule has 2 aromatic carbocycles. The second-order valence-electron chi connectivity index (χ2n) is 16.2. The Morgan fingerprint density at radius 3 is 1.47 bits per heavy atom. The van der Waals surface area contributed by atoms with E-state index in [0.29, 0.717) is 45.2 Å². The van der Waals surface area contributed by atoms with Crippen LogP contribution >= 0.6 is 0 Å². The lowest BCUT2D eigenvalue weighted by Gasteiger charge is -2.40. The Morgan fingerprint density at radius 1 is 0.667 bits per heavy atom. The maximum absolute atomic E-state index is 10.3. The first-order valence-electron chi connectivity index (χ1n) is 20.3. The van der Waals surface area contributed by atoms with Crippen LogP contribution in [0.25, 0.3) is 0 Å². The number of aliphatic hydroxyl groups is 1. The number of methoxy groups -OCH3 is 4. The minimum absolute atomic E-state index is 0.0457. The number of rotatable bonds is 30. The third-order valence-electron chi connectivity index (χ3n) is 10.4. The number of hydrogen-bond acceptors (Lipinski definition) is 10. The molecule has 0 saturated heterocycles. The molecule has 11 heteroatoms. The molecule has 0 saturated carbocycles. The summed E-state index contributed by atoms with van der Waals surface area (Å²) in [7, 11) is 4.64. The van der Waals surface area contributed by atoms with Gasteiger partial charge >= 0.3 is 0 Å². The first-order valence-corrected chi connectivity index (χ1v) is 23.2. The second kappa shape index (κ2) is 29.6. The fourth-order valence-corrected chi connectivity index (χ4v) is 7.19. The molecule has 0 aliphatic heterocycles. The van der Waals surface area contributed by atoms with Gasteiger partial charge in [0, 0.05) is 33.5 Å². The van der Waals surface area contributed by atoms with Crippen molar-refractivity contribution in [1.29, 1.82) is 0 Å². The summed E-state index contributed by atoms with van der Waals surface area (Å²) in [5, 5.41) is 10.4. The van der Waals surface area contributed by atoms with Crippen molar-refractivity contribution in [3.05, 3.63) is 85.0 Å². The van der Waals surface area contributed by atoms with Gasteiger partial charge in [-0.1, -0.05) is 71.0 Å². The Kier molecular flexibility index (Phi) is 27.2. The van der Waals surface area contributed by atoms with Gasteiger partial charge in [0.15, 0.2) is 8.32 Å². The first kappa shape index (κ1) is 52.4. The standard InChI is InChI=1S/C26H46O5Si.C20H32O5/c1-10-11-21(2)25(30-20-27-6)18-24(31-32(8,9)26(3,4)5)16-17-29-19-22-12-14-23(28-7)15-13-22;1-5-6-16(2)20(25-15-22-3)13-18(21)11-12-24-14-17-7-9-19(23-4)10-8-17/h10,12-15,21,24-25H,1,11,16-20H2,2-9H3;5,7-10,16,18,20-21H,1,6,11-15H2,2-4H3/t21-,24+,25+;16-,18+,20+/m00/s1. The molecule has 326 valence electrons. The van der Waals surface area contributed by atoms with E-state index in [9.17, 15) is 5.11 Å². The number of allylic oxidation sites excluding steroid dienone is 2. The zero-order valence-corrected chi connectivity index (χ0v) is 38.3. The van der Waals surface area contributed by atoms with Gasteiger partial charge < -0.3 is 47.4 Å². The molecule has 0 amide bonds. The molecule has 0 spiro atoms. The smallest absolute Gasteiger partial charge is 0.192 e. The van der Waals surface area contributed by atoms with E-state index in [-0.39, 0.29) is 42.9 Å². The SMILES string of the molecule is C=CC[C@H](C)[C@@H](C[C@@H](CCOCc1ccc(OC)cc1)O[Si](C)(C)C(C)(C)C)OCOC.C=CC[C@H](C)[C@@H](C[C@H](O)CCOCc1ccc(OC)cc1)OCOC. The number of benzene rings is 2. The van der Waals surface area contributed by atoms with Crippen molar-refractivity contribution in [3.8, 4) is 11.5 Å². The maximum Gasteiger partial charge on any atom is 0.192 e. The van der Waals surface area contributed by atoms with Gasteiger partial charge in [0.05, 0.1) is 45.7 Å². The molecule has 0 heterocycles. The van der Waals surface area contributed by atoms with E-state index in [1.54, 1.807) is 28.4 Å². The van der Waals surface area contributed by atoms with Crippen LogP contribution in [-0.4, -0.2) is 93.1 Å². The quantitative estimate of drug-likeness (QED) is 0.0355. The van der Waals surface area contributed by atoms with E-state index < -0.39 is 14.4 Å². The molecule has 10 nitrogen and oxygen atoms in total. The molecule has 0 bridgehead atoms. The summed E-state index contributed by atoms with van der Waals surface area (Å²) in [6, 6.07) is 15.8. The van der Waals surface area contributed by atoms with Crippen molar-refractivity contribution in [2.45, 2.75) is 129 Å². The highest BCUT2D eigenvalue weighted by atomic mass is 28.4. The number of ether oxygens (including phenoxy) is 8. The molecular formula is C46H78O10Si. The topological polar surface area (TPSA) is 103 Å². The van der Waals surface area contributed by atoms with Gasteiger partial charge in [0.1, 0.15) is 25.1 Å². The summed E-state index contributed by atoms with van der Waals surface area (Å²) in [4.78, 5) is 0. The Hall–Kier alpha value is -2.58. The van der Waals surface area contributed by atoms with Gasteiger partial charge in [-0.3, -0.25) is 0 Å². The largest absolute Gasteiger partial charge is 0.497 e. The molecule has 0 fully saturated rings. The van der Waals surface area contributed by atoms with Crippen LogP contribution in [0.4, 0.5) is 0 Å². The van der Waals surface area contributed by atoms with Crippen LogP contribution in [0.2, 0.25) is 18.1 Å². The van der Waals surface area contributed by atoms with Crippen molar-refractivity contribution >= 4 is 8.32 Å². The molecule has 0 aliphatic rings. The lowest BCUT2D eigenvalue weighted by Crippen LogP contribution is -2.45. The van der Waals surface area contributed by atoms with Crippen LogP contribution in [-0.2, 0) is 46.1 Å². The monoisotopic (exact) mass is 819 g/mol. The molecule has 1 N–H and O–H groups in total. The Morgan fingerprint density at radius 2 is 1.09 bits per heavy atom. The Bertz CT molecular complexity index is 1300. The molecule has 0 aliphatic carbocycles. The fourth-order valence-electron chi connectivity index (χ4n) is 5.79. The molecule has 57 heavy (non-hydrogen) atoms. The van der Waals surface area contributed by atoms with Gasteiger partial charge in [0.25, 0.3) is 0 Å². The van der Waals surface area contributed by atoms with Gasteiger partial charge in [-0.05, 0) is 104 Å². The van der Waals surface area contributed by atoms with E-state index in [4.69, 9.17) is 42.3 Å². The number of aliphatic hydroxyl groups excluding tert-OH is 1. The van der Waals surface area contributed by atoms with Gasteiger partial charge in [-0.2, -0.15) is 0 Å². The predicted octanol–water partition coefficient (Wildman–Crippen LogP) is 10.1. The van der Waals surface area contributed by atoms with Crippen molar-refractivity contribution < 1.29 is 47.4 Å². The van der Waals surface area contributed by atoms with Gasteiger partial charge in [-0.15, -0.1) is 13.2 Å². The fraction of sp³-hybridized carbons (Fsp3) is 0.652. The highest BCUT2D eigenvalue weighted by Crippen LogP contribution is 2.38. The second-order valence-corrected chi connectivity index (χ2v) is 21.0. The third-order valence-corrected chi connectivity index (χ3v) is 15.0. The highest BCUT2D eigenvalue weighted by molar-refractivity contribution is 6.74. The van der Waals surface area contributed by atoms with Crippen LogP contribution in [0, 0.1) is 11.8 Å². The summed E-state index contributed by atoms with van der Waals surface area (Å²) in [5.41, 5.74) is 2.21. The minimum atomic E-state index is -1.93. The van der Waals surface area contributed by atoms with Gasteiger partial charge in [0.2, 0.25) is 0 Å². The van der Waals surface area contributed by atoms with Crippen molar-refractivity contribution in [2.24, 2.45) is 11.8 Å². The molecule has 2 aromatic rings. The summed E-state index contributed by atoms with van der Waals surface area (Å²) in [6.07, 6.45) is 7.93. The van der Waals surface area contributed by atoms with Crippen LogP contribution in [0.5, 0.6) is 11.5 Å². The first-order chi connectivity index (χ1) is 27.1. The van der Waals surface area contributed by atoms with Crippen LogP contribution < -0.4 is 9.47 Å². The van der Waals surface area contributed by atoms with E-state index >= 15 is 0 Å². The lowest BCUT2D eigenvalue weighted by atomic mass is 9.95. The molecule has 0 aromatic heterocycles. The predicted molar refractivity (Wildman–Crippen MR) is 233 cm³/mol. The van der Waals surface area contributed by atoms with E-state index in [2.05, 4.69) is 60.9 Å². The minimum Gasteiger partial charge on any atom is -0.497 e. The van der Waals surface area contributed by atoms with E-state index in [0.717, 1.165) is 48.3 Å².